The zero-order chi connectivity index (χ0) is 17.2. The summed E-state index contributed by atoms with van der Waals surface area (Å²) in [4.78, 5) is 23.4. The van der Waals surface area contributed by atoms with Crippen LogP contribution in [0.5, 0.6) is 0 Å². The highest BCUT2D eigenvalue weighted by atomic mass is 16.2. The fourth-order valence-corrected chi connectivity index (χ4v) is 3.79. The predicted molar refractivity (Wildman–Crippen MR) is 99.2 cm³/mol. The second-order valence-corrected chi connectivity index (χ2v) is 6.90. The van der Waals surface area contributed by atoms with Gasteiger partial charge in [0.15, 0.2) is 11.7 Å². The monoisotopic (exact) mass is 337 g/mol. The number of hydrogen-bond acceptors (Lipinski definition) is 4. The van der Waals surface area contributed by atoms with E-state index in [1.54, 1.807) is 5.01 Å². The quantitative estimate of drug-likeness (QED) is 0.851. The second-order valence-electron chi connectivity index (χ2n) is 6.90. The van der Waals surface area contributed by atoms with Crippen LogP contribution in [0.25, 0.3) is 0 Å². The minimum Gasteiger partial charge on any atom is -0.314 e. The second kappa shape index (κ2) is 6.78. The molecule has 0 saturated heterocycles. The van der Waals surface area contributed by atoms with Crippen LogP contribution in [0.15, 0.2) is 45.4 Å². The molecular formula is C19H23N5O. The highest BCUT2D eigenvalue weighted by Gasteiger charge is 2.34. The van der Waals surface area contributed by atoms with Crippen LogP contribution < -0.4 is 0 Å². The normalized spacial score (nSPS) is 21.5. The molecule has 2 amide bonds. The Morgan fingerprint density at radius 1 is 1.08 bits per heavy atom. The van der Waals surface area contributed by atoms with Crippen molar-refractivity contribution in [3.63, 3.8) is 0 Å². The summed E-state index contributed by atoms with van der Waals surface area (Å²) in [5.74, 6) is 1.36. The standard InChI is InChI=1S/C19H23N5O/c1-23-18-16(20-17(22-23)12-14-8-4-2-5-9-14)13-24(19(25)21-18)15-10-6-3-7-11-15/h2,4-5,8-9,15H,3,6-7,10-13H2,1H3. The van der Waals surface area contributed by atoms with Gasteiger partial charge in [-0.1, -0.05) is 49.6 Å². The minimum absolute atomic E-state index is 0.144. The van der Waals surface area contributed by atoms with Gasteiger partial charge in [-0.3, -0.25) is 0 Å². The van der Waals surface area contributed by atoms with Gasteiger partial charge in [-0.15, -0.1) is 0 Å². The van der Waals surface area contributed by atoms with E-state index in [1.165, 1.54) is 24.8 Å². The molecule has 1 aromatic rings. The van der Waals surface area contributed by atoms with Gasteiger partial charge in [0.25, 0.3) is 0 Å². The Morgan fingerprint density at radius 2 is 1.84 bits per heavy atom. The lowest BCUT2D eigenvalue weighted by molar-refractivity contribution is 0.174. The number of amides is 2. The predicted octanol–water partition coefficient (Wildman–Crippen LogP) is 3.10. The van der Waals surface area contributed by atoms with Crippen molar-refractivity contribution in [3.8, 4) is 0 Å². The molecule has 0 atom stereocenters. The van der Waals surface area contributed by atoms with Crippen molar-refractivity contribution in [2.24, 2.45) is 15.1 Å². The number of carbonyl (C=O) groups is 1. The van der Waals surface area contributed by atoms with Crippen molar-refractivity contribution in [1.29, 1.82) is 0 Å². The van der Waals surface area contributed by atoms with Crippen LogP contribution in [0.3, 0.4) is 0 Å². The molecule has 25 heavy (non-hydrogen) atoms. The molecule has 0 unspecified atom stereocenters. The molecule has 1 aliphatic carbocycles. The van der Waals surface area contributed by atoms with E-state index in [9.17, 15) is 4.79 Å². The summed E-state index contributed by atoms with van der Waals surface area (Å²) in [6.07, 6.45) is 6.48. The summed E-state index contributed by atoms with van der Waals surface area (Å²) in [6.45, 7) is 0.542. The highest BCUT2D eigenvalue weighted by molar-refractivity contribution is 6.46. The third kappa shape index (κ3) is 3.34. The van der Waals surface area contributed by atoms with Gasteiger partial charge in [0.1, 0.15) is 5.71 Å². The van der Waals surface area contributed by atoms with E-state index < -0.39 is 0 Å². The van der Waals surface area contributed by atoms with Gasteiger partial charge in [-0.05, 0) is 18.4 Å². The maximum atomic E-state index is 12.5. The lowest BCUT2D eigenvalue weighted by atomic mass is 9.94. The van der Waals surface area contributed by atoms with E-state index in [2.05, 4.69) is 22.2 Å². The molecule has 3 aliphatic rings. The fraction of sp³-hybridized carbons (Fsp3) is 0.474. The number of urea groups is 1. The first-order valence-electron chi connectivity index (χ1n) is 9.03. The Bertz CT molecular complexity index is 746. The molecule has 6 heteroatoms. The Balaban J connectivity index is 1.56. The van der Waals surface area contributed by atoms with Crippen molar-refractivity contribution in [2.45, 2.75) is 44.6 Å². The molecule has 4 rings (SSSR count). The van der Waals surface area contributed by atoms with Gasteiger partial charge >= 0.3 is 6.03 Å². The minimum atomic E-state index is -0.144. The zero-order valence-corrected chi connectivity index (χ0v) is 14.6. The van der Waals surface area contributed by atoms with Crippen molar-refractivity contribution in [1.82, 2.24) is 9.91 Å². The third-order valence-corrected chi connectivity index (χ3v) is 5.08. The first-order valence-corrected chi connectivity index (χ1v) is 9.03. The molecule has 1 saturated carbocycles. The molecule has 0 aromatic heterocycles. The summed E-state index contributed by atoms with van der Waals surface area (Å²) in [5.41, 5.74) is 2.03. The maximum Gasteiger partial charge on any atom is 0.346 e. The molecule has 2 aliphatic heterocycles. The van der Waals surface area contributed by atoms with Gasteiger partial charge < -0.3 is 4.90 Å². The number of amidine groups is 2. The van der Waals surface area contributed by atoms with Gasteiger partial charge in [-0.25, -0.2) is 14.8 Å². The number of benzene rings is 1. The van der Waals surface area contributed by atoms with Gasteiger partial charge in [0.2, 0.25) is 0 Å². The largest absolute Gasteiger partial charge is 0.346 e. The summed E-state index contributed by atoms with van der Waals surface area (Å²) in [5, 5.41) is 6.19. The molecule has 2 heterocycles. The Labute approximate surface area is 147 Å². The lowest BCUT2D eigenvalue weighted by Crippen LogP contribution is -2.52. The molecular weight excluding hydrogens is 314 g/mol. The van der Waals surface area contributed by atoms with Gasteiger partial charge in [0.05, 0.1) is 6.54 Å². The van der Waals surface area contributed by atoms with E-state index in [1.807, 2.05) is 30.1 Å². The summed E-state index contributed by atoms with van der Waals surface area (Å²) < 4.78 is 0. The first-order chi connectivity index (χ1) is 12.2. The van der Waals surface area contributed by atoms with Crippen molar-refractivity contribution >= 4 is 23.4 Å². The van der Waals surface area contributed by atoms with E-state index in [-0.39, 0.29) is 6.03 Å². The van der Waals surface area contributed by atoms with Crippen LogP contribution in [-0.4, -0.2) is 53.0 Å². The number of hydrazone groups is 1. The number of aliphatic imine (C=N–C) groups is 2. The third-order valence-electron chi connectivity index (χ3n) is 5.08. The average Bonchev–Trinajstić information content (AvgIpc) is 2.64. The van der Waals surface area contributed by atoms with Crippen LogP contribution in [0, 0.1) is 0 Å². The molecule has 6 nitrogen and oxygen atoms in total. The van der Waals surface area contributed by atoms with Gasteiger partial charge in [-0.2, -0.15) is 10.1 Å². The Hall–Kier alpha value is -2.50. The van der Waals surface area contributed by atoms with Crippen molar-refractivity contribution in [2.75, 3.05) is 13.6 Å². The molecule has 130 valence electrons. The fourth-order valence-electron chi connectivity index (χ4n) is 3.79. The van der Waals surface area contributed by atoms with E-state index in [4.69, 9.17) is 4.99 Å². The molecule has 0 bridgehead atoms. The molecule has 1 aromatic carbocycles. The number of hydrogen-bond donors (Lipinski definition) is 0. The summed E-state index contributed by atoms with van der Waals surface area (Å²) in [7, 11) is 1.84. The smallest absolute Gasteiger partial charge is 0.314 e. The average molecular weight is 337 g/mol. The van der Waals surface area contributed by atoms with Crippen LogP contribution in [0.1, 0.15) is 37.7 Å². The van der Waals surface area contributed by atoms with Crippen LogP contribution in [-0.2, 0) is 6.42 Å². The van der Waals surface area contributed by atoms with Crippen LogP contribution in [0.4, 0.5) is 4.79 Å². The van der Waals surface area contributed by atoms with Crippen LogP contribution in [0.2, 0.25) is 0 Å². The van der Waals surface area contributed by atoms with E-state index in [0.717, 1.165) is 24.4 Å². The van der Waals surface area contributed by atoms with Crippen molar-refractivity contribution < 1.29 is 4.79 Å². The summed E-state index contributed by atoms with van der Waals surface area (Å²) >= 11 is 0. The number of nitrogens with zero attached hydrogens (tertiary/aromatic N) is 5. The Kier molecular flexibility index (Phi) is 4.34. The molecule has 0 spiro atoms. The highest BCUT2D eigenvalue weighted by Crippen LogP contribution is 2.25. The molecule has 0 radical (unpaired) electrons. The molecule has 1 fully saturated rings. The topological polar surface area (TPSA) is 60.6 Å². The number of fused-ring (bicyclic) bond motifs is 1. The number of rotatable bonds is 3. The van der Waals surface area contributed by atoms with Crippen LogP contribution >= 0.6 is 0 Å². The zero-order valence-electron chi connectivity index (χ0n) is 14.6. The molecule has 0 N–H and O–H groups in total. The maximum absolute atomic E-state index is 12.5. The van der Waals surface area contributed by atoms with Gasteiger partial charge in [0, 0.05) is 19.5 Å². The first kappa shape index (κ1) is 16.0. The van der Waals surface area contributed by atoms with Crippen molar-refractivity contribution in [3.05, 3.63) is 35.9 Å². The Morgan fingerprint density at radius 3 is 2.60 bits per heavy atom. The van der Waals surface area contributed by atoms with E-state index in [0.29, 0.717) is 24.8 Å². The SMILES string of the molecule is CN1N=C(Cc2ccccc2)N=C2CN(C3CCCCC3)C(=O)N=C21. The van der Waals surface area contributed by atoms with E-state index >= 15 is 0 Å². The lowest BCUT2D eigenvalue weighted by Gasteiger charge is -2.37. The summed E-state index contributed by atoms with van der Waals surface area (Å²) in [6, 6.07) is 10.4. The number of carbonyl (C=O) groups excluding carboxylic acids is 1.